The van der Waals surface area contributed by atoms with Gasteiger partial charge in [-0.25, -0.2) is 0 Å². The Morgan fingerprint density at radius 2 is 2.16 bits per heavy atom. The van der Waals surface area contributed by atoms with E-state index in [1.54, 1.807) is 6.26 Å². The number of nitrogens with one attached hydrogen (secondary N) is 1. The molecule has 1 heterocycles. The second-order valence-corrected chi connectivity index (χ2v) is 6.37. The summed E-state index contributed by atoms with van der Waals surface area (Å²) in [5, 5.41) is 3.37. The summed E-state index contributed by atoms with van der Waals surface area (Å²) in [4.78, 5) is 6.64. The van der Waals surface area contributed by atoms with E-state index in [1.165, 1.54) is 0 Å². The standard InChI is InChI=1S/C14H27N3OS/c1-11(2)8-15-9-13-10-18-14(16-13)17(4)12(3)6-7-19-5/h10-12,15H,6-9H2,1-5H3. The summed E-state index contributed by atoms with van der Waals surface area (Å²) < 4.78 is 5.55. The van der Waals surface area contributed by atoms with Crippen LogP contribution in [0.3, 0.4) is 0 Å². The summed E-state index contributed by atoms with van der Waals surface area (Å²) >= 11 is 1.87. The molecule has 0 amide bonds. The van der Waals surface area contributed by atoms with E-state index in [1.807, 2.05) is 18.8 Å². The van der Waals surface area contributed by atoms with Gasteiger partial charge in [-0.15, -0.1) is 0 Å². The molecule has 1 atom stereocenters. The minimum Gasteiger partial charge on any atom is -0.432 e. The fourth-order valence-corrected chi connectivity index (χ4v) is 2.28. The summed E-state index contributed by atoms with van der Waals surface area (Å²) in [6.45, 7) is 8.37. The largest absolute Gasteiger partial charge is 0.432 e. The Morgan fingerprint density at radius 1 is 1.42 bits per heavy atom. The normalized spacial score (nSPS) is 12.9. The molecule has 0 bridgehead atoms. The zero-order valence-corrected chi connectivity index (χ0v) is 13.6. The molecule has 0 aliphatic carbocycles. The number of aromatic nitrogens is 1. The highest BCUT2D eigenvalue weighted by atomic mass is 32.2. The molecular weight excluding hydrogens is 258 g/mol. The van der Waals surface area contributed by atoms with E-state index in [-0.39, 0.29) is 0 Å². The summed E-state index contributed by atoms with van der Waals surface area (Å²) in [5.41, 5.74) is 0.972. The van der Waals surface area contributed by atoms with Crippen LogP contribution in [0.4, 0.5) is 6.01 Å². The molecule has 0 fully saturated rings. The molecule has 1 N–H and O–H groups in total. The van der Waals surface area contributed by atoms with Gasteiger partial charge >= 0.3 is 0 Å². The first-order valence-electron chi connectivity index (χ1n) is 6.91. The van der Waals surface area contributed by atoms with Gasteiger partial charge in [0.2, 0.25) is 0 Å². The van der Waals surface area contributed by atoms with Gasteiger partial charge in [-0.3, -0.25) is 0 Å². The third-order valence-electron chi connectivity index (χ3n) is 3.10. The third-order valence-corrected chi connectivity index (χ3v) is 3.74. The molecule has 0 saturated heterocycles. The molecular formula is C14H27N3OS. The molecule has 0 spiro atoms. The van der Waals surface area contributed by atoms with Gasteiger partial charge in [0.05, 0.1) is 5.69 Å². The monoisotopic (exact) mass is 285 g/mol. The van der Waals surface area contributed by atoms with E-state index in [9.17, 15) is 0 Å². The molecule has 1 unspecified atom stereocenters. The van der Waals surface area contributed by atoms with Crippen LogP contribution in [-0.4, -0.2) is 36.6 Å². The van der Waals surface area contributed by atoms with Gasteiger partial charge in [0.1, 0.15) is 6.26 Å². The molecule has 5 heteroatoms. The lowest BCUT2D eigenvalue weighted by molar-refractivity contribution is 0.515. The highest BCUT2D eigenvalue weighted by Crippen LogP contribution is 2.17. The van der Waals surface area contributed by atoms with Crippen LogP contribution in [0, 0.1) is 5.92 Å². The molecule has 1 aromatic heterocycles. The molecule has 110 valence electrons. The first-order valence-corrected chi connectivity index (χ1v) is 8.30. The second-order valence-electron chi connectivity index (χ2n) is 5.39. The SMILES string of the molecule is CSCCC(C)N(C)c1nc(CNCC(C)C)co1. The summed E-state index contributed by atoms with van der Waals surface area (Å²) in [7, 11) is 2.04. The second kappa shape index (κ2) is 8.48. The van der Waals surface area contributed by atoms with Crippen LogP contribution in [0.1, 0.15) is 32.9 Å². The van der Waals surface area contributed by atoms with Crippen molar-refractivity contribution in [1.82, 2.24) is 10.3 Å². The molecule has 4 nitrogen and oxygen atoms in total. The molecule has 0 aliphatic rings. The highest BCUT2D eigenvalue weighted by Gasteiger charge is 2.14. The van der Waals surface area contributed by atoms with Crippen molar-refractivity contribution in [1.29, 1.82) is 0 Å². The van der Waals surface area contributed by atoms with Crippen LogP contribution in [0.2, 0.25) is 0 Å². The zero-order valence-electron chi connectivity index (χ0n) is 12.8. The fourth-order valence-electron chi connectivity index (χ4n) is 1.70. The van der Waals surface area contributed by atoms with E-state index in [2.05, 4.69) is 42.2 Å². The number of rotatable bonds is 9. The van der Waals surface area contributed by atoms with Gasteiger partial charge in [-0.05, 0) is 37.8 Å². The van der Waals surface area contributed by atoms with Crippen molar-refractivity contribution in [3.05, 3.63) is 12.0 Å². The lowest BCUT2D eigenvalue weighted by Gasteiger charge is -2.22. The smallest absolute Gasteiger partial charge is 0.297 e. The van der Waals surface area contributed by atoms with Crippen LogP contribution in [0.5, 0.6) is 0 Å². The maximum atomic E-state index is 5.55. The topological polar surface area (TPSA) is 41.3 Å². The minimum absolute atomic E-state index is 0.447. The molecule has 0 aromatic carbocycles. The first-order chi connectivity index (χ1) is 9.04. The van der Waals surface area contributed by atoms with Crippen LogP contribution < -0.4 is 10.2 Å². The average Bonchev–Trinajstić information content (AvgIpc) is 2.83. The third kappa shape index (κ3) is 5.87. The Labute approximate surface area is 121 Å². The van der Waals surface area contributed by atoms with Crippen LogP contribution >= 0.6 is 11.8 Å². The Balaban J connectivity index is 2.44. The maximum absolute atomic E-state index is 5.55. The van der Waals surface area contributed by atoms with Crippen molar-refractivity contribution in [3.63, 3.8) is 0 Å². The molecule has 19 heavy (non-hydrogen) atoms. The predicted molar refractivity (Wildman–Crippen MR) is 83.9 cm³/mol. The zero-order chi connectivity index (χ0) is 14.3. The number of hydrogen-bond donors (Lipinski definition) is 1. The number of hydrogen-bond acceptors (Lipinski definition) is 5. The Morgan fingerprint density at radius 3 is 2.79 bits per heavy atom. The van der Waals surface area contributed by atoms with E-state index >= 15 is 0 Å². The van der Waals surface area contributed by atoms with Gasteiger partial charge in [0.15, 0.2) is 0 Å². The van der Waals surface area contributed by atoms with E-state index in [4.69, 9.17) is 4.42 Å². The fraction of sp³-hybridized carbons (Fsp3) is 0.786. The van der Waals surface area contributed by atoms with Crippen molar-refractivity contribution in [2.45, 2.75) is 39.8 Å². The first kappa shape index (κ1) is 16.4. The minimum atomic E-state index is 0.447. The van der Waals surface area contributed by atoms with Gasteiger partial charge in [0, 0.05) is 19.6 Å². The molecule has 0 radical (unpaired) electrons. The Bertz CT molecular complexity index is 354. The van der Waals surface area contributed by atoms with E-state index < -0.39 is 0 Å². The molecule has 1 rings (SSSR count). The molecule has 0 aliphatic heterocycles. The van der Waals surface area contributed by atoms with E-state index in [0.29, 0.717) is 12.0 Å². The van der Waals surface area contributed by atoms with Crippen molar-refractivity contribution in [2.24, 2.45) is 5.92 Å². The molecule has 1 aromatic rings. The Kier molecular flexibility index (Phi) is 7.31. The lowest BCUT2D eigenvalue weighted by atomic mass is 10.2. The summed E-state index contributed by atoms with van der Waals surface area (Å²) in [6, 6.07) is 1.16. The lowest BCUT2D eigenvalue weighted by Crippen LogP contribution is -2.29. The Hall–Kier alpha value is -0.680. The quantitative estimate of drug-likeness (QED) is 0.755. The maximum Gasteiger partial charge on any atom is 0.297 e. The van der Waals surface area contributed by atoms with Crippen LogP contribution in [0.25, 0.3) is 0 Å². The van der Waals surface area contributed by atoms with Gasteiger partial charge < -0.3 is 14.6 Å². The van der Waals surface area contributed by atoms with Gasteiger partial charge in [-0.2, -0.15) is 16.7 Å². The van der Waals surface area contributed by atoms with Crippen LogP contribution in [-0.2, 0) is 6.54 Å². The van der Waals surface area contributed by atoms with Gasteiger partial charge in [-0.1, -0.05) is 13.8 Å². The van der Waals surface area contributed by atoms with E-state index in [0.717, 1.165) is 37.0 Å². The highest BCUT2D eigenvalue weighted by molar-refractivity contribution is 7.98. The van der Waals surface area contributed by atoms with Crippen molar-refractivity contribution in [2.75, 3.05) is 30.5 Å². The summed E-state index contributed by atoms with van der Waals surface area (Å²) in [5.74, 6) is 1.82. The van der Waals surface area contributed by atoms with Crippen molar-refractivity contribution < 1.29 is 4.42 Å². The number of thioether (sulfide) groups is 1. The van der Waals surface area contributed by atoms with Crippen molar-refractivity contribution >= 4 is 17.8 Å². The number of oxazole rings is 1. The average molecular weight is 285 g/mol. The summed E-state index contributed by atoms with van der Waals surface area (Å²) in [6.07, 6.45) is 5.03. The predicted octanol–water partition coefficient (Wildman–Crippen LogP) is 3.00. The van der Waals surface area contributed by atoms with Crippen LogP contribution in [0.15, 0.2) is 10.7 Å². The van der Waals surface area contributed by atoms with Crippen molar-refractivity contribution in [3.8, 4) is 0 Å². The van der Waals surface area contributed by atoms with Gasteiger partial charge in [0.25, 0.3) is 6.01 Å². The number of nitrogens with zero attached hydrogens (tertiary/aromatic N) is 2. The number of anilines is 1. The molecule has 0 saturated carbocycles.